The molecule has 1 aromatic carbocycles. The monoisotopic (exact) mass is 397 g/mol. The van der Waals surface area contributed by atoms with Gasteiger partial charge in [-0.15, -0.1) is 11.3 Å². The highest BCUT2D eigenvalue weighted by Crippen LogP contribution is 2.28. The van der Waals surface area contributed by atoms with Crippen molar-refractivity contribution in [3.05, 3.63) is 62.5 Å². The summed E-state index contributed by atoms with van der Waals surface area (Å²) in [5.41, 5.74) is 2.00. The third-order valence-electron chi connectivity index (χ3n) is 5.25. The van der Waals surface area contributed by atoms with Gasteiger partial charge >= 0.3 is 0 Å². The second kappa shape index (κ2) is 8.27. The Bertz CT molecular complexity index is 1040. The molecule has 2 aromatic heterocycles. The molecule has 3 rings (SSSR count). The molecule has 0 aliphatic heterocycles. The third kappa shape index (κ3) is 4.02. The van der Waals surface area contributed by atoms with Crippen molar-refractivity contribution in [2.24, 2.45) is 5.92 Å². The summed E-state index contributed by atoms with van der Waals surface area (Å²) in [5.74, 6) is 0.910. The van der Waals surface area contributed by atoms with Crippen molar-refractivity contribution in [2.75, 3.05) is 7.05 Å². The molecule has 0 saturated carbocycles. The lowest BCUT2D eigenvalue weighted by atomic mass is 9.94. The molecule has 148 valence electrons. The fourth-order valence-electron chi connectivity index (χ4n) is 3.68. The molecule has 0 aliphatic carbocycles. The summed E-state index contributed by atoms with van der Waals surface area (Å²) in [4.78, 5) is 36.4. The van der Waals surface area contributed by atoms with Gasteiger partial charge in [0.25, 0.3) is 5.56 Å². The second-order valence-electron chi connectivity index (χ2n) is 7.58. The molecular weight excluding hydrogens is 370 g/mol. The number of rotatable bonds is 6. The summed E-state index contributed by atoms with van der Waals surface area (Å²) in [5, 5.41) is 0.665. The summed E-state index contributed by atoms with van der Waals surface area (Å²) >= 11 is 1.53. The SMILES string of the molecule is Cc1sc2nc(CCC(=O)N(C)[C@@H](c3ccccc3)C(C)C)[nH]c(=O)c2c1C. The van der Waals surface area contributed by atoms with Crippen molar-refractivity contribution >= 4 is 27.5 Å². The van der Waals surface area contributed by atoms with E-state index in [4.69, 9.17) is 0 Å². The Morgan fingerprint density at radius 3 is 2.54 bits per heavy atom. The molecule has 0 unspecified atom stereocenters. The number of H-pyrrole nitrogens is 1. The van der Waals surface area contributed by atoms with Crippen LogP contribution in [0.15, 0.2) is 35.1 Å². The highest BCUT2D eigenvalue weighted by molar-refractivity contribution is 7.18. The van der Waals surface area contributed by atoms with Crippen LogP contribution in [0.5, 0.6) is 0 Å². The summed E-state index contributed by atoms with van der Waals surface area (Å²) in [7, 11) is 1.85. The normalized spacial score (nSPS) is 12.5. The highest BCUT2D eigenvalue weighted by Gasteiger charge is 2.24. The summed E-state index contributed by atoms with van der Waals surface area (Å²) in [6, 6.07) is 10.1. The molecule has 2 heterocycles. The van der Waals surface area contributed by atoms with Gasteiger partial charge in [-0.05, 0) is 30.9 Å². The molecule has 1 atom stereocenters. The lowest BCUT2D eigenvalue weighted by Gasteiger charge is -2.32. The van der Waals surface area contributed by atoms with Gasteiger partial charge in [-0.25, -0.2) is 4.98 Å². The van der Waals surface area contributed by atoms with E-state index >= 15 is 0 Å². The Hall–Kier alpha value is -2.47. The van der Waals surface area contributed by atoms with Gasteiger partial charge in [0.2, 0.25) is 5.91 Å². The Labute approximate surface area is 169 Å². The fourth-order valence-corrected chi connectivity index (χ4v) is 4.73. The van der Waals surface area contributed by atoms with Crippen LogP contribution in [0.2, 0.25) is 0 Å². The van der Waals surface area contributed by atoms with Crippen molar-refractivity contribution < 1.29 is 4.79 Å². The first-order valence-corrected chi connectivity index (χ1v) is 10.4. The van der Waals surface area contributed by atoms with Crippen LogP contribution in [-0.4, -0.2) is 27.8 Å². The number of aryl methyl sites for hydroxylation is 3. The number of nitrogens with zero attached hydrogens (tertiary/aromatic N) is 2. The van der Waals surface area contributed by atoms with Crippen LogP contribution < -0.4 is 5.56 Å². The number of hydrogen-bond donors (Lipinski definition) is 1. The minimum Gasteiger partial charge on any atom is -0.338 e. The van der Waals surface area contributed by atoms with Crippen molar-refractivity contribution in [1.29, 1.82) is 0 Å². The first-order valence-electron chi connectivity index (χ1n) is 9.59. The zero-order valence-electron chi connectivity index (χ0n) is 17.1. The van der Waals surface area contributed by atoms with Gasteiger partial charge in [0.15, 0.2) is 0 Å². The van der Waals surface area contributed by atoms with E-state index in [0.717, 1.165) is 20.8 Å². The van der Waals surface area contributed by atoms with Crippen molar-refractivity contribution in [1.82, 2.24) is 14.9 Å². The van der Waals surface area contributed by atoms with E-state index < -0.39 is 0 Å². The number of fused-ring (bicyclic) bond motifs is 1. The number of aromatic nitrogens is 2. The lowest BCUT2D eigenvalue weighted by molar-refractivity contribution is -0.133. The molecule has 6 heteroatoms. The maximum atomic E-state index is 12.9. The highest BCUT2D eigenvalue weighted by atomic mass is 32.1. The molecule has 0 bridgehead atoms. The first kappa shape index (κ1) is 20.3. The molecule has 0 fully saturated rings. The maximum absolute atomic E-state index is 12.9. The average molecular weight is 398 g/mol. The number of aromatic amines is 1. The van der Waals surface area contributed by atoms with Crippen molar-refractivity contribution in [3.8, 4) is 0 Å². The molecule has 0 aliphatic rings. The molecule has 1 amide bonds. The number of carbonyl (C=O) groups excluding carboxylic acids is 1. The third-order valence-corrected chi connectivity index (χ3v) is 6.35. The predicted octanol–water partition coefficient (Wildman–Crippen LogP) is 4.39. The van der Waals surface area contributed by atoms with Crippen LogP contribution in [0.4, 0.5) is 0 Å². The van der Waals surface area contributed by atoms with E-state index in [1.807, 2.05) is 44.0 Å². The maximum Gasteiger partial charge on any atom is 0.259 e. The smallest absolute Gasteiger partial charge is 0.259 e. The van der Waals surface area contributed by atoms with Gasteiger partial charge in [-0.2, -0.15) is 0 Å². The van der Waals surface area contributed by atoms with E-state index in [1.165, 1.54) is 11.3 Å². The second-order valence-corrected chi connectivity index (χ2v) is 8.78. The lowest BCUT2D eigenvalue weighted by Crippen LogP contribution is -2.34. The Morgan fingerprint density at radius 2 is 1.89 bits per heavy atom. The van der Waals surface area contributed by atoms with Gasteiger partial charge < -0.3 is 9.88 Å². The quantitative estimate of drug-likeness (QED) is 0.671. The largest absolute Gasteiger partial charge is 0.338 e. The van der Waals surface area contributed by atoms with E-state index in [1.54, 1.807) is 0 Å². The van der Waals surface area contributed by atoms with Crippen molar-refractivity contribution in [2.45, 2.75) is 46.6 Å². The minimum atomic E-state index is -0.119. The number of nitrogens with one attached hydrogen (secondary N) is 1. The van der Waals surface area contributed by atoms with E-state index in [9.17, 15) is 9.59 Å². The number of amides is 1. The average Bonchev–Trinajstić information content (AvgIpc) is 2.94. The summed E-state index contributed by atoms with van der Waals surface area (Å²) < 4.78 is 0. The van der Waals surface area contributed by atoms with E-state index in [2.05, 4.69) is 35.9 Å². The molecule has 3 aromatic rings. The summed E-state index contributed by atoms with van der Waals surface area (Å²) in [6.45, 7) is 8.18. The number of hydrogen-bond acceptors (Lipinski definition) is 4. The standard InChI is InChI=1S/C22H27N3O2S/c1-13(2)20(16-9-7-6-8-10-16)25(5)18(26)12-11-17-23-21(27)19-14(3)15(4)28-22(19)24-17/h6-10,13,20H,11-12H2,1-5H3,(H,23,24,27)/t20-/m1/s1. The molecule has 0 radical (unpaired) electrons. The van der Waals surface area contributed by atoms with Gasteiger partial charge in [0, 0.05) is 24.8 Å². The van der Waals surface area contributed by atoms with Crippen LogP contribution in [-0.2, 0) is 11.2 Å². The van der Waals surface area contributed by atoms with Crippen LogP contribution in [0, 0.1) is 19.8 Å². The van der Waals surface area contributed by atoms with Gasteiger partial charge in [-0.3, -0.25) is 9.59 Å². The van der Waals surface area contributed by atoms with Gasteiger partial charge in [0.05, 0.1) is 11.4 Å². The van der Waals surface area contributed by atoms with Gasteiger partial charge in [-0.1, -0.05) is 44.2 Å². The number of benzene rings is 1. The predicted molar refractivity (Wildman–Crippen MR) is 115 cm³/mol. The molecule has 0 saturated heterocycles. The number of carbonyl (C=O) groups is 1. The van der Waals surface area contributed by atoms with E-state index in [0.29, 0.717) is 30.0 Å². The topological polar surface area (TPSA) is 66.1 Å². The first-order chi connectivity index (χ1) is 13.3. The molecule has 28 heavy (non-hydrogen) atoms. The Balaban J connectivity index is 1.76. The van der Waals surface area contributed by atoms with Crippen LogP contribution in [0.1, 0.15) is 48.1 Å². The molecule has 1 N–H and O–H groups in total. The number of thiophene rings is 1. The zero-order chi connectivity index (χ0) is 20.4. The van der Waals surface area contributed by atoms with Crippen LogP contribution in [0.3, 0.4) is 0 Å². The molecule has 5 nitrogen and oxygen atoms in total. The van der Waals surface area contributed by atoms with Gasteiger partial charge in [0.1, 0.15) is 10.7 Å². The van der Waals surface area contributed by atoms with Crippen LogP contribution in [0.25, 0.3) is 10.2 Å². The summed E-state index contributed by atoms with van der Waals surface area (Å²) in [6.07, 6.45) is 0.730. The Kier molecular flexibility index (Phi) is 5.98. The van der Waals surface area contributed by atoms with Crippen molar-refractivity contribution in [3.63, 3.8) is 0 Å². The fraction of sp³-hybridized carbons (Fsp3) is 0.409. The Morgan fingerprint density at radius 1 is 1.21 bits per heavy atom. The zero-order valence-corrected chi connectivity index (χ0v) is 17.9. The van der Waals surface area contributed by atoms with E-state index in [-0.39, 0.29) is 17.5 Å². The molecular formula is C22H27N3O2S. The van der Waals surface area contributed by atoms with Crippen LogP contribution >= 0.6 is 11.3 Å². The minimum absolute atomic E-state index is 0.0192. The molecule has 0 spiro atoms.